The van der Waals surface area contributed by atoms with E-state index in [9.17, 15) is 0 Å². The molecule has 0 amide bonds. The van der Waals surface area contributed by atoms with Crippen LogP contribution in [-0.2, 0) is 0 Å². The molecule has 0 saturated heterocycles. The lowest BCUT2D eigenvalue weighted by Crippen LogP contribution is -2.31. The van der Waals surface area contributed by atoms with Crippen molar-refractivity contribution in [3.8, 4) is 0 Å². The van der Waals surface area contributed by atoms with Gasteiger partial charge in [-0.25, -0.2) is 0 Å². The summed E-state index contributed by atoms with van der Waals surface area (Å²) in [4.78, 5) is 0. The molecule has 0 aromatic carbocycles. The normalized spacial score (nSPS) is 61.0. The number of hydrogen-bond acceptors (Lipinski definition) is 2. The van der Waals surface area contributed by atoms with Crippen LogP contribution in [0.15, 0.2) is 0 Å². The predicted molar refractivity (Wildman–Crippen MR) is 41.6 cm³/mol. The maximum atomic E-state index is 5.95. The molecule has 1 unspecified atom stereocenters. The van der Waals surface area contributed by atoms with Gasteiger partial charge in [-0.2, -0.15) is 12.6 Å². The monoisotopic (exact) mass is 143 g/mol. The van der Waals surface area contributed by atoms with E-state index in [1.54, 1.807) is 0 Å². The summed E-state index contributed by atoms with van der Waals surface area (Å²) in [7, 11) is 0. The van der Waals surface area contributed by atoms with Crippen molar-refractivity contribution in [1.82, 2.24) is 0 Å². The molecule has 2 saturated carbocycles. The summed E-state index contributed by atoms with van der Waals surface area (Å²) in [5, 5.41) is 0. The molecule has 2 aliphatic rings. The molecule has 0 aromatic heterocycles. The molecule has 0 heterocycles. The summed E-state index contributed by atoms with van der Waals surface area (Å²) in [5.74, 6) is 1.86. The smallest absolute Gasteiger partial charge is 0.0221 e. The molecule has 9 heavy (non-hydrogen) atoms. The van der Waals surface area contributed by atoms with Crippen molar-refractivity contribution in [1.29, 1.82) is 0 Å². The van der Waals surface area contributed by atoms with Crippen LogP contribution in [0, 0.1) is 11.3 Å². The fourth-order valence-electron chi connectivity index (χ4n) is 2.25. The van der Waals surface area contributed by atoms with Crippen LogP contribution in [0.1, 0.15) is 19.8 Å². The van der Waals surface area contributed by atoms with Gasteiger partial charge in [0.1, 0.15) is 0 Å². The van der Waals surface area contributed by atoms with Gasteiger partial charge in [-0.05, 0) is 36.9 Å². The third-order valence-electron chi connectivity index (χ3n) is 3.35. The van der Waals surface area contributed by atoms with Crippen LogP contribution in [-0.4, -0.2) is 11.3 Å². The van der Waals surface area contributed by atoms with Crippen LogP contribution >= 0.6 is 12.6 Å². The Morgan fingerprint density at radius 2 is 2.33 bits per heavy atom. The minimum absolute atomic E-state index is 0.204. The van der Waals surface area contributed by atoms with Gasteiger partial charge in [0.15, 0.2) is 0 Å². The maximum absolute atomic E-state index is 5.95. The number of thiol groups is 1. The van der Waals surface area contributed by atoms with Crippen LogP contribution in [0.2, 0.25) is 0 Å². The zero-order valence-corrected chi connectivity index (χ0v) is 6.62. The zero-order chi connectivity index (χ0) is 6.70. The maximum Gasteiger partial charge on any atom is 0.0221 e. The van der Waals surface area contributed by atoms with Crippen molar-refractivity contribution >= 4 is 12.6 Å². The molecular formula is C7H13NS. The average molecular weight is 143 g/mol. The van der Waals surface area contributed by atoms with Crippen LogP contribution in [0.4, 0.5) is 0 Å². The largest absolute Gasteiger partial charge is 0.325 e. The van der Waals surface area contributed by atoms with Crippen molar-refractivity contribution in [2.24, 2.45) is 17.1 Å². The second kappa shape index (κ2) is 1.32. The molecule has 2 aliphatic carbocycles. The summed E-state index contributed by atoms with van der Waals surface area (Å²) < 4.78 is 0. The quantitative estimate of drug-likeness (QED) is 0.555. The van der Waals surface area contributed by atoms with E-state index >= 15 is 0 Å². The predicted octanol–water partition coefficient (Wildman–Crippen LogP) is 1.04. The van der Waals surface area contributed by atoms with Gasteiger partial charge in [-0.15, -0.1) is 0 Å². The minimum Gasteiger partial charge on any atom is -0.325 e. The van der Waals surface area contributed by atoms with Gasteiger partial charge in [0.05, 0.1) is 0 Å². The fourth-order valence-corrected chi connectivity index (χ4v) is 2.65. The Morgan fingerprint density at radius 1 is 1.78 bits per heavy atom. The highest BCUT2D eigenvalue weighted by atomic mass is 32.1. The van der Waals surface area contributed by atoms with Crippen molar-refractivity contribution in [3.63, 3.8) is 0 Å². The first-order valence-electron chi connectivity index (χ1n) is 3.55. The molecule has 2 heteroatoms. The SMILES string of the molecule is C[C@@]1(N)C2C[C@@]21CCS. The molecular weight excluding hydrogens is 130 g/mol. The van der Waals surface area contributed by atoms with Gasteiger partial charge in [-0.3, -0.25) is 0 Å². The molecule has 0 bridgehead atoms. The third-order valence-corrected chi connectivity index (χ3v) is 3.57. The molecule has 52 valence electrons. The van der Waals surface area contributed by atoms with Gasteiger partial charge < -0.3 is 5.73 Å². The van der Waals surface area contributed by atoms with Crippen LogP contribution in [0.25, 0.3) is 0 Å². The van der Waals surface area contributed by atoms with E-state index in [4.69, 9.17) is 5.73 Å². The van der Waals surface area contributed by atoms with Crippen LogP contribution in [0.3, 0.4) is 0 Å². The standard InChI is InChI=1S/C7H13NS/c1-6(8)5-4-7(5,6)2-3-9/h5,9H,2-4,8H2,1H3/t5?,6-,7+/m1/s1. The highest BCUT2D eigenvalue weighted by Crippen LogP contribution is 2.82. The first kappa shape index (κ1) is 6.05. The second-order valence-corrected chi connectivity index (χ2v) is 4.12. The van der Waals surface area contributed by atoms with Crippen LogP contribution in [0.5, 0.6) is 0 Å². The van der Waals surface area contributed by atoms with Crippen molar-refractivity contribution in [3.05, 3.63) is 0 Å². The number of hydrogen-bond donors (Lipinski definition) is 2. The van der Waals surface area contributed by atoms with E-state index in [1.807, 2.05) is 0 Å². The Hall–Kier alpha value is 0.310. The average Bonchev–Trinajstić information content (AvgIpc) is 2.55. The van der Waals surface area contributed by atoms with Crippen LogP contribution < -0.4 is 5.73 Å². The summed E-state index contributed by atoms with van der Waals surface area (Å²) in [5.41, 5.74) is 6.71. The Morgan fingerprint density at radius 3 is 2.44 bits per heavy atom. The summed E-state index contributed by atoms with van der Waals surface area (Å²) in [6.07, 6.45) is 2.61. The molecule has 3 atom stereocenters. The van der Waals surface area contributed by atoms with E-state index < -0.39 is 0 Å². The van der Waals surface area contributed by atoms with Gasteiger partial charge in [0.25, 0.3) is 0 Å². The molecule has 0 spiro atoms. The number of nitrogens with two attached hydrogens (primary N) is 1. The second-order valence-electron chi connectivity index (χ2n) is 3.67. The fraction of sp³-hybridized carbons (Fsp3) is 1.00. The summed E-state index contributed by atoms with van der Waals surface area (Å²) in [6.45, 7) is 2.17. The lowest BCUT2D eigenvalue weighted by atomic mass is 9.99. The molecule has 0 radical (unpaired) electrons. The van der Waals surface area contributed by atoms with E-state index in [0.29, 0.717) is 5.41 Å². The van der Waals surface area contributed by atoms with Gasteiger partial charge in [0, 0.05) is 5.54 Å². The lowest BCUT2D eigenvalue weighted by Gasteiger charge is -2.15. The molecule has 1 nitrogen and oxygen atoms in total. The van der Waals surface area contributed by atoms with Crippen molar-refractivity contribution in [2.45, 2.75) is 25.3 Å². The van der Waals surface area contributed by atoms with E-state index in [2.05, 4.69) is 19.6 Å². The lowest BCUT2D eigenvalue weighted by molar-refractivity contribution is 0.436. The Bertz CT molecular complexity index is 155. The van der Waals surface area contributed by atoms with E-state index in [1.165, 1.54) is 12.8 Å². The topological polar surface area (TPSA) is 26.0 Å². The highest BCUT2D eigenvalue weighted by Gasteiger charge is 2.83. The number of fused-ring (bicyclic) bond motifs is 1. The molecule has 0 aliphatic heterocycles. The Labute approximate surface area is 61.4 Å². The first-order chi connectivity index (χ1) is 4.15. The highest BCUT2D eigenvalue weighted by molar-refractivity contribution is 7.80. The van der Waals surface area contributed by atoms with Gasteiger partial charge in [-0.1, -0.05) is 0 Å². The minimum atomic E-state index is 0.204. The molecule has 2 fully saturated rings. The molecule has 2 N–H and O–H groups in total. The van der Waals surface area contributed by atoms with E-state index in [0.717, 1.165) is 11.7 Å². The first-order valence-corrected chi connectivity index (χ1v) is 4.18. The zero-order valence-electron chi connectivity index (χ0n) is 5.72. The van der Waals surface area contributed by atoms with Crippen molar-refractivity contribution in [2.75, 3.05) is 5.75 Å². The van der Waals surface area contributed by atoms with E-state index in [-0.39, 0.29) is 5.54 Å². The Balaban J connectivity index is 2.01. The van der Waals surface area contributed by atoms with Gasteiger partial charge in [0.2, 0.25) is 0 Å². The van der Waals surface area contributed by atoms with Crippen molar-refractivity contribution < 1.29 is 0 Å². The summed E-state index contributed by atoms with van der Waals surface area (Å²) in [6, 6.07) is 0. The Kier molecular flexibility index (Phi) is 0.890. The molecule has 0 aromatic rings. The third kappa shape index (κ3) is 0.478. The number of rotatable bonds is 2. The van der Waals surface area contributed by atoms with Gasteiger partial charge >= 0.3 is 0 Å². The molecule has 2 rings (SSSR count). The summed E-state index contributed by atoms with van der Waals surface area (Å²) >= 11 is 4.20.